The normalized spacial score (nSPS) is 14.4. The molecule has 4 rings (SSSR count). The molecule has 0 radical (unpaired) electrons. The molecule has 1 aromatic carbocycles. The summed E-state index contributed by atoms with van der Waals surface area (Å²) >= 11 is 0. The van der Waals surface area contributed by atoms with Crippen LogP contribution >= 0.6 is 0 Å². The van der Waals surface area contributed by atoms with Crippen molar-refractivity contribution < 1.29 is 14.3 Å². The van der Waals surface area contributed by atoms with Crippen LogP contribution in [0.3, 0.4) is 0 Å². The molecule has 0 atom stereocenters. The first-order valence-electron chi connectivity index (χ1n) is 10.7. The number of ether oxygens (including phenoxy) is 1. The van der Waals surface area contributed by atoms with Crippen LogP contribution in [0.1, 0.15) is 11.1 Å². The average molecular weight is 447 g/mol. The predicted molar refractivity (Wildman–Crippen MR) is 125 cm³/mol. The summed E-state index contributed by atoms with van der Waals surface area (Å²) in [5.74, 6) is -0.708. The quantitative estimate of drug-likeness (QED) is 0.511. The molecular formula is C24H26N6O3. The van der Waals surface area contributed by atoms with Gasteiger partial charge in [-0.05, 0) is 35.4 Å². The lowest BCUT2D eigenvalue weighted by atomic mass is 10.0. The van der Waals surface area contributed by atoms with E-state index in [0.717, 1.165) is 55.2 Å². The number of carbonyl (C=O) groups excluding carboxylic acids is 2. The van der Waals surface area contributed by atoms with Gasteiger partial charge in [0.05, 0.1) is 19.4 Å². The number of carbonyl (C=O) groups is 2. The Balaban J connectivity index is 1.38. The summed E-state index contributed by atoms with van der Waals surface area (Å²) in [7, 11) is 0. The van der Waals surface area contributed by atoms with Gasteiger partial charge in [0.2, 0.25) is 11.8 Å². The number of aromatic nitrogens is 3. The predicted octanol–water partition coefficient (Wildman–Crippen LogP) is 1.91. The zero-order valence-corrected chi connectivity index (χ0v) is 18.2. The van der Waals surface area contributed by atoms with Gasteiger partial charge in [0, 0.05) is 61.1 Å². The van der Waals surface area contributed by atoms with E-state index in [2.05, 4.69) is 20.3 Å². The molecule has 3 N–H and O–H groups in total. The van der Waals surface area contributed by atoms with Gasteiger partial charge >= 0.3 is 0 Å². The second-order valence-electron chi connectivity index (χ2n) is 7.76. The largest absolute Gasteiger partial charge is 0.379 e. The molecular weight excluding hydrogens is 420 g/mol. The fourth-order valence-corrected chi connectivity index (χ4v) is 3.61. The second-order valence-corrected chi connectivity index (χ2v) is 7.76. The van der Waals surface area contributed by atoms with Crippen LogP contribution in [0.2, 0.25) is 0 Å². The minimum absolute atomic E-state index is 0.00387. The van der Waals surface area contributed by atoms with Gasteiger partial charge in [0.1, 0.15) is 6.54 Å². The van der Waals surface area contributed by atoms with Crippen LogP contribution in [-0.2, 0) is 27.4 Å². The van der Waals surface area contributed by atoms with Crippen molar-refractivity contribution in [3.63, 3.8) is 0 Å². The van der Waals surface area contributed by atoms with Crippen molar-refractivity contribution >= 4 is 23.6 Å². The summed E-state index contributed by atoms with van der Waals surface area (Å²) in [4.78, 5) is 30.1. The van der Waals surface area contributed by atoms with E-state index < -0.39 is 5.91 Å². The third-order valence-electron chi connectivity index (χ3n) is 5.26. The highest BCUT2D eigenvalue weighted by Crippen LogP contribution is 2.23. The van der Waals surface area contributed by atoms with Crippen molar-refractivity contribution in [1.82, 2.24) is 19.7 Å². The Morgan fingerprint density at radius 2 is 1.91 bits per heavy atom. The number of benzene rings is 1. The molecule has 2 amide bonds. The van der Waals surface area contributed by atoms with Crippen molar-refractivity contribution in [2.45, 2.75) is 13.1 Å². The molecule has 1 aliphatic heterocycles. The van der Waals surface area contributed by atoms with Crippen molar-refractivity contribution in [2.75, 3.05) is 31.6 Å². The molecule has 0 aliphatic carbocycles. The number of nitrogens with two attached hydrogens (primary N) is 1. The number of primary amides is 1. The molecule has 1 fully saturated rings. The molecule has 9 heteroatoms. The van der Waals surface area contributed by atoms with E-state index in [1.165, 1.54) is 16.3 Å². The zero-order valence-electron chi connectivity index (χ0n) is 18.2. The van der Waals surface area contributed by atoms with E-state index >= 15 is 0 Å². The summed E-state index contributed by atoms with van der Waals surface area (Å²) in [6, 6.07) is 9.69. The maximum absolute atomic E-state index is 12.5. The molecule has 2 aromatic heterocycles. The Bertz CT molecular complexity index is 1130. The van der Waals surface area contributed by atoms with E-state index in [-0.39, 0.29) is 12.5 Å². The van der Waals surface area contributed by atoms with Gasteiger partial charge in [-0.15, -0.1) is 0 Å². The molecule has 0 unspecified atom stereocenters. The zero-order chi connectivity index (χ0) is 23.0. The number of hydrogen-bond donors (Lipinski definition) is 2. The van der Waals surface area contributed by atoms with Crippen LogP contribution in [0, 0.1) is 0 Å². The molecule has 1 aliphatic rings. The minimum atomic E-state index is -0.467. The number of nitrogens with one attached hydrogen (secondary N) is 1. The monoisotopic (exact) mass is 446 g/mol. The Labute approximate surface area is 191 Å². The van der Waals surface area contributed by atoms with Gasteiger partial charge in [-0.25, -0.2) is 0 Å². The van der Waals surface area contributed by atoms with Gasteiger partial charge < -0.3 is 15.8 Å². The Kier molecular flexibility index (Phi) is 7.23. The fraction of sp³-hybridized carbons (Fsp3) is 0.250. The molecule has 0 bridgehead atoms. The van der Waals surface area contributed by atoms with E-state index in [9.17, 15) is 9.59 Å². The van der Waals surface area contributed by atoms with Crippen molar-refractivity contribution in [3.8, 4) is 11.1 Å². The highest BCUT2D eigenvalue weighted by molar-refractivity contribution is 6.02. The lowest BCUT2D eigenvalue weighted by molar-refractivity contribution is -0.118. The van der Waals surface area contributed by atoms with E-state index in [1.54, 1.807) is 30.9 Å². The average Bonchev–Trinajstić information content (AvgIpc) is 3.27. The van der Waals surface area contributed by atoms with Gasteiger partial charge in [-0.2, -0.15) is 5.10 Å². The standard InChI is InChI=1S/C24H26N6O3/c25-23(31)17-30-16-20(14-27-30)22-7-8-26-13-19(22)3-6-24(32)28-21-4-1-18(2-5-21)15-29-9-11-33-12-10-29/h1-8,13-14,16H,9-12,15,17H2,(H2,25,31)(H,28,32). The second kappa shape index (κ2) is 10.7. The number of rotatable bonds is 8. The first-order valence-corrected chi connectivity index (χ1v) is 10.7. The van der Waals surface area contributed by atoms with Crippen LogP contribution < -0.4 is 11.1 Å². The van der Waals surface area contributed by atoms with E-state index in [1.807, 2.05) is 30.3 Å². The summed E-state index contributed by atoms with van der Waals surface area (Å²) in [5, 5.41) is 7.03. The summed E-state index contributed by atoms with van der Waals surface area (Å²) in [6.45, 7) is 4.29. The number of anilines is 1. The van der Waals surface area contributed by atoms with Crippen LogP contribution in [-0.4, -0.2) is 57.8 Å². The fourth-order valence-electron chi connectivity index (χ4n) is 3.61. The molecule has 33 heavy (non-hydrogen) atoms. The van der Waals surface area contributed by atoms with Gasteiger partial charge in [-0.1, -0.05) is 12.1 Å². The molecule has 0 spiro atoms. The lowest BCUT2D eigenvalue weighted by Gasteiger charge is -2.26. The number of amides is 2. The van der Waals surface area contributed by atoms with Gasteiger partial charge in [0.25, 0.3) is 0 Å². The molecule has 1 saturated heterocycles. The van der Waals surface area contributed by atoms with Crippen molar-refractivity contribution in [3.05, 3.63) is 72.3 Å². The topological polar surface area (TPSA) is 115 Å². The Morgan fingerprint density at radius 3 is 2.67 bits per heavy atom. The molecule has 9 nitrogen and oxygen atoms in total. The summed E-state index contributed by atoms with van der Waals surface area (Å²) in [5.41, 5.74) is 9.55. The van der Waals surface area contributed by atoms with Gasteiger partial charge in [-0.3, -0.25) is 24.2 Å². The van der Waals surface area contributed by atoms with Crippen LogP contribution in [0.15, 0.2) is 61.2 Å². The number of hydrogen-bond acceptors (Lipinski definition) is 6. The van der Waals surface area contributed by atoms with E-state index in [4.69, 9.17) is 10.5 Å². The highest BCUT2D eigenvalue weighted by atomic mass is 16.5. The minimum Gasteiger partial charge on any atom is -0.379 e. The SMILES string of the molecule is NC(=O)Cn1cc(-c2ccncc2C=CC(=O)Nc2ccc(CN3CCOCC3)cc2)cn1. The highest BCUT2D eigenvalue weighted by Gasteiger charge is 2.11. The number of pyridine rings is 1. The number of morpholine rings is 1. The number of nitrogens with zero attached hydrogens (tertiary/aromatic N) is 4. The lowest BCUT2D eigenvalue weighted by Crippen LogP contribution is -2.35. The molecule has 3 aromatic rings. The molecule has 3 heterocycles. The van der Waals surface area contributed by atoms with Crippen molar-refractivity contribution in [1.29, 1.82) is 0 Å². The first kappa shape index (κ1) is 22.4. The molecule has 170 valence electrons. The third-order valence-corrected chi connectivity index (χ3v) is 5.26. The summed E-state index contributed by atoms with van der Waals surface area (Å²) < 4.78 is 6.86. The first-order chi connectivity index (χ1) is 16.1. The molecule has 0 saturated carbocycles. The summed E-state index contributed by atoms with van der Waals surface area (Å²) in [6.07, 6.45) is 9.89. The third kappa shape index (κ3) is 6.34. The van der Waals surface area contributed by atoms with Crippen LogP contribution in [0.25, 0.3) is 17.2 Å². The Morgan fingerprint density at radius 1 is 1.12 bits per heavy atom. The van der Waals surface area contributed by atoms with E-state index in [0.29, 0.717) is 0 Å². The van der Waals surface area contributed by atoms with Crippen molar-refractivity contribution in [2.24, 2.45) is 5.73 Å². The van der Waals surface area contributed by atoms with Gasteiger partial charge in [0.15, 0.2) is 0 Å². The van der Waals surface area contributed by atoms with Crippen LogP contribution in [0.4, 0.5) is 5.69 Å². The smallest absolute Gasteiger partial charge is 0.248 e. The maximum Gasteiger partial charge on any atom is 0.248 e. The maximum atomic E-state index is 12.5. The Hall–Kier alpha value is -3.82. The van der Waals surface area contributed by atoms with Crippen LogP contribution in [0.5, 0.6) is 0 Å².